The van der Waals surface area contributed by atoms with Gasteiger partial charge in [-0.15, -0.1) is 0 Å². The van der Waals surface area contributed by atoms with E-state index < -0.39 is 5.41 Å². The van der Waals surface area contributed by atoms with Crippen LogP contribution in [0.25, 0.3) is 131 Å². The third-order valence-corrected chi connectivity index (χ3v) is 16.4. The van der Waals surface area contributed by atoms with Crippen LogP contribution in [0.2, 0.25) is 0 Å². The van der Waals surface area contributed by atoms with Gasteiger partial charge < -0.3 is 0 Å². The zero-order valence-electron chi connectivity index (χ0n) is 38.7. The lowest BCUT2D eigenvalue weighted by Crippen LogP contribution is -2.26. The fourth-order valence-electron chi connectivity index (χ4n) is 13.6. The van der Waals surface area contributed by atoms with Crippen LogP contribution < -0.4 is 0 Å². The van der Waals surface area contributed by atoms with Crippen LogP contribution in [-0.4, -0.2) is 0 Å². The van der Waals surface area contributed by atoms with Gasteiger partial charge in [0.2, 0.25) is 0 Å². The number of rotatable bonds is 3. The molecule has 14 aromatic rings. The van der Waals surface area contributed by atoms with Crippen LogP contribution in [0.5, 0.6) is 0 Å². The predicted octanol–water partition coefficient (Wildman–Crippen LogP) is 19.1. The average molecular weight is 895 g/mol. The van der Waals surface area contributed by atoms with Crippen LogP contribution in [0.15, 0.2) is 255 Å². The van der Waals surface area contributed by atoms with Crippen molar-refractivity contribution in [3.8, 4) is 55.6 Å². The average Bonchev–Trinajstić information content (AvgIpc) is 3.94. The van der Waals surface area contributed by atoms with Gasteiger partial charge in [-0.3, -0.25) is 0 Å². The quantitative estimate of drug-likeness (QED) is 0.122. The highest BCUT2D eigenvalue weighted by atomic mass is 14.5. The zero-order chi connectivity index (χ0) is 46.4. The van der Waals surface area contributed by atoms with Gasteiger partial charge >= 0.3 is 0 Å². The first-order valence-electron chi connectivity index (χ1n) is 24.9. The SMILES string of the molecule is c1ccc(-c2ccc3cc(-c4c5ccccc5c(-c5ccc6c7c(c8ccccc8c6c5)-c5c(c6ccccc6c6ccccc56)C75c6ccccc6-c6ccccc65)c5ccccc45)ccc3c2)cc1. The summed E-state index contributed by atoms with van der Waals surface area (Å²) in [6.45, 7) is 0. The van der Waals surface area contributed by atoms with Gasteiger partial charge in [0.1, 0.15) is 0 Å². The van der Waals surface area contributed by atoms with Crippen LogP contribution in [0.3, 0.4) is 0 Å². The minimum atomic E-state index is -0.560. The van der Waals surface area contributed by atoms with E-state index in [-0.39, 0.29) is 0 Å². The predicted molar refractivity (Wildman–Crippen MR) is 302 cm³/mol. The lowest BCUT2D eigenvalue weighted by atomic mass is 9.67. The third-order valence-electron chi connectivity index (χ3n) is 16.4. The molecule has 0 atom stereocenters. The molecular weight excluding hydrogens is 853 g/mol. The van der Waals surface area contributed by atoms with Crippen molar-refractivity contribution >= 4 is 75.4 Å². The van der Waals surface area contributed by atoms with Gasteiger partial charge in [0, 0.05) is 0 Å². The summed E-state index contributed by atoms with van der Waals surface area (Å²) < 4.78 is 0. The van der Waals surface area contributed by atoms with Crippen molar-refractivity contribution in [3.05, 3.63) is 277 Å². The molecule has 2 aliphatic carbocycles. The maximum atomic E-state index is 2.53. The van der Waals surface area contributed by atoms with Crippen LogP contribution in [0.1, 0.15) is 22.3 Å². The fourth-order valence-corrected chi connectivity index (χ4v) is 13.6. The summed E-state index contributed by atoms with van der Waals surface area (Å²) in [7, 11) is 0. The number of benzene rings is 14. The van der Waals surface area contributed by atoms with Crippen molar-refractivity contribution in [2.24, 2.45) is 0 Å². The van der Waals surface area contributed by atoms with Crippen molar-refractivity contribution < 1.29 is 0 Å². The van der Waals surface area contributed by atoms with E-state index in [1.54, 1.807) is 0 Å². The van der Waals surface area contributed by atoms with E-state index >= 15 is 0 Å². The summed E-state index contributed by atoms with van der Waals surface area (Å²) >= 11 is 0. The molecular formula is C71H42. The Hall–Kier alpha value is -9.10. The van der Waals surface area contributed by atoms with Crippen molar-refractivity contribution in [3.63, 3.8) is 0 Å². The van der Waals surface area contributed by atoms with E-state index in [2.05, 4.69) is 255 Å². The van der Waals surface area contributed by atoms with Crippen LogP contribution in [-0.2, 0) is 5.41 Å². The van der Waals surface area contributed by atoms with Gasteiger partial charge in [-0.2, -0.15) is 0 Å². The van der Waals surface area contributed by atoms with Gasteiger partial charge in [0.05, 0.1) is 5.41 Å². The molecule has 0 aromatic heterocycles. The molecule has 1 spiro atoms. The molecule has 0 aliphatic heterocycles. The van der Waals surface area contributed by atoms with Gasteiger partial charge in [-0.25, -0.2) is 0 Å². The molecule has 0 heteroatoms. The molecule has 2 aliphatic rings. The second kappa shape index (κ2) is 14.5. The largest absolute Gasteiger partial charge is 0.0738 e. The van der Waals surface area contributed by atoms with Crippen molar-refractivity contribution in [2.75, 3.05) is 0 Å². The molecule has 0 amide bonds. The second-order valence-electron chi connectivity index (χ2n) is 19.7. The Morgan fingerprint density at radius 2 is 0.549 bits per heavy atom. The Bertz CT molecular complexity index is 4530. The van der Waals surface area contributed by atoms with E-state index in [4.69, 9.17) is 0 Å². The molecule has 0 N–H and O–H groups in total. The maximum Gasteiger partial charge on any atom is 0.0738 e. The molecule has 71 heavy (non-hydrogen) atoms. The summed E-state index contributed by atoms with van der Waals surface area (Å²) in [5, 5.41) is 17.9. The van der Waals surface area contributed by atoms with E-state index in [9.17, 15) is 0 Å². The smallest absolute Gasteiger partial charge is 0.0622 e. The molecule has 14 aromatic carbocycles. The number of hydrogen-bond donors (Lipinski definition) is 0. The highest BCUT2D eigenvalue weighted by molar-refractivity contribution is 6.29. The van der Waals surface area contributed by atoms with Crippen LogP contribution in [0, 0.1) is 0 Å². The van der Waals surface area contributed by atoms with E-state index in [0.29, 0.717) is 0 Å². The summed E-state index contributed by atoms with van der Waals surface area (Å²) in [6.07, 6.45) is 0. The zero-order valence-corrected chi connectivity index (χ0v) is 38.7. The van der Waals surface area contributed by atoms with Crippen molar-refractivity contribution in [1.82, 2.24) is 0 Å². The molecule has 0 heterocycles. The lowest BCUT2D eigenvalue weighted by Gasteiger charge is -2.33. The Kier molecular flexibility index (Phi) is 7.91. The summed E-state index contributed by atoms with van der Waals surface area (Å²) in [5.41, 5.74) is 17.8. The normalized spacial score (nSPS) is 13.2. The fraction of sp³-hybridized carbons (Fsp3) is 0.0141. The van der Waals surface area contributed by atoms with Gasteiger partial charge in [-0.05, 0) is 171 Å². The molecule has 16 rings (SSSR count). The van der Waals surface area contributed by atoms with Gasteiger partial charge in [-0.1, -0.05) is 237 Å². The minimum Gasteiger partial charge on any atom is -0.0622 e. The summed E-state index contributed by atoms with van der Waals surface area (Å²) in [6, 6.07) is 96.3. The summed E-state index contributed by atoms with van der Waals surface area (Å²) in [5.74, 6) is 0. The molecule has 0 fully saturated rings. The number of fused-ring (bicyclic) bond motifs is 23. The van der Waals surface area contributed by atoms with Gasteiger partial charge in [0.25, 0.3) is 0 Å². The minimum absolute atomic E-state index is 0.560. The first kappa shape index (κ1) is 38.8. The molecule has 0 saturated heterocycles. The Balaban J connectivity index is 0.998. The van der Waals surface area contributed by atoms with Gasteiger partial charge in [0.15, 0.2) is 0 Å². The van der Waals surface area contributed by atoms with E-state index in [0.717, 1.165) is 0 Å². The van der Waals surface area contributed by atoms with Crippen molar-refractivity contribution in [2.45, 2.75) is 5.41 Å². The third kappa shape index (κ3) is 5.13. The molecule has 0 nitrogen and oxygen atoms in total. The molecule has 326 valence electrons. The second-order valence-corrected chi connectivity index (χ2v) is 19.7. The highest BCUT2D eigenvalue weighted by Gasteiger charge is 2.54. The molecule has 0 unspecified atom stereocenters. The Morgan fingerprint density at radius 3 is 1.08 bits per heavy atom. The highest BCUT2D eigenvalue weighted by Crippen LogP contribution is 2.68. The standard InChI is InChI=1S/C71H42/c1-2-18-43(19-3-1)44-34-35-46-41-47(37-36-45(46)40-44)65-56-27-9-11-29-58(56)66(59-30-12-10-28-57(59)65)48-38-39-61-62(42-48)51-22-5-8-26-55(51)68-67-54-25-7-4-20-49(54)50-21-6-13-31-60(50)69(67)71(70(61)68)63-32-16-14-23-52(63)53-24-15-17-33-64(53)71/h1-42H. The number of hydrogen-bond acceptors (Lipinski definition) is 0. The topological polar surface area (TPSA) is 0 Å². The van der Waals surface area contributed by atoms with Crippen LogP contribution >= 0.6 is 0 Å². The van der Waals surface area contributed by atoms with E-state index in [1.807, 2.05) is 0 Å². The van der Waals surface area contributed by atoms with E-state index in [1.165, 1.54) is 153 Å². The van der Waals surface area contributed by atoms with Crippen LogP contribution in [0.4, 0.5) is 0 Å². The molecule has 0 saturated carbocycles. The first-order chi connectivity index (χ1) is 35.3. The molecule has 0 bridgehead atoms. The summed E-state index contributed by atoms with van der Waals surface area (Å²) in [4.78, 5) is 0. The Morgan fingerprint density at radius 1 is 0.197 bits per heavy atom. The van der Waals surface area contributed by atoms with Crippen molar-refractivity contribution in [1.29, 1.82) is 0 Å². The Labute approximate surface area is 411 Å². The maximum absolute atomic E-state index is 2.53. The monoisotopic (exact) mass is 894 g/mol. The molecule has 0 radical (unpaired) electrons. The lowest BCUT2D eigenvalue weighted by molar-refractivity contribution is 0.810. The first-order valence-corrected chi connectivity index (χ1v) is 24.9.